The molecular formula is C6H8O2. The molecule has 0 aromatic heterocycles. The standard InChI is InChI=1S/C6H8O2/c1-3-7-5(1)6-2-4-8-6/h1,6H,2-4H2. The number of hydrogen-bond acceptors (Lipinski definition) is 2. The van der Waals surface area contributed by atoms with Crippen molar-refractivity contribution < 1.29 is 9.47 Å². The lowest BCUT2D eigenvalue weighted by molar-refractivity contribution is -0.0658. The molecule has 2 heterocycles. The van der Waals surface area contributed by atoms with Gasteiger partial charge < -0.3 is 9.47 Å². The van der Waals surface area contributed by atoms with E-state index in [-0.39, 0.29) is 0 Å². The molecule has 44 valence electrons. The molecule has 8 heavy (non-hydrogen) atoms. The molecule has 1 fully saturated rings. The molecule has 0 bridgehead atoms. The zero-order valence-corrected chi connectivity index (χ0v) is 4.59. The first-order valence-corrected chi connectivity index (χ1v) is 2.91. The Morgan fingerprint density at radius 2 is 2.38 bits per heavy atom. The molecule has 2 aliphatic heterocycles. The van der Waals surface area contributed by atoms with Crippen molar-refractivity contribution in [3.05, 3.63) is 11.8 Å². The highest BCUT2D eigenvalue weighted by molar-refractivity contribution is 5.09. The summed E-state index contributed by atoms with van der Waals surface area (Å²) >= 11 is 0. The fourth-order valence-electron chi connectivity index (χ4n) is 0.864. The van der Waals surface area contributed by atoms with Gasteiger partial charge in [0.15, 0.2) is 0 Å². The van der Waals surface area contributed by atoms with E-state index in [2.05, 4.69) is 6.08 Å². The fourth-order valence-corrected chi connectivity index (χ4v) is 0.864. The van der Waals surface area contributed by atoms with Crippen LogP contribution in [0.25, 0.3) is 0 Å². The van der Waals surface area contributed by atoms with Crippen LogP contribution in [-0.4, -0.2) is 19.3 Å². The summed E-state index contributed by atoms with van der Waals surface area (Å²) in [5, 5.41) is 0. The largest absolute Gasteiger partial charge is 0.491 e. The van der Waals surface area contributed by atoms with Crippen molar-refractivity contribution in [3.8, 4) is 0 Å². The summed E-state index contributed by atoms with van der Waals surface area (Å²) in [5.74, 6) is 1.05. The van der Waals surface area contributed by atoms with Crippen LogP contribution in [0.2, 0.25) is 0 Å². The van der Waals surface area contributed by atoms with E-state index in [1.54, 1.807) is 0 Å². The lowest BCUT2D eigenvalue weighted by Gasteiger charge is -2.31. The third-order valence-electron chi connectivity index (χ3n) is 1.55. The summed E-state index contributed by atoms with van der Waals surface area (Å²) in [6.45, 7) is 1.69. The molecule has 2 aliphatic rings. The maximum absolute atomic E-state index is 5.14. The zero-order chi connectivity index (χ0) is 5.40. The van der Waals surface area contributed by atoms with E-state index in [0.717, 1.165) is 25.4 Å². The van der Waals surface area contributed by atoms with Crippen LogP contribution in [0.4, 0.5) is 0 Å². The van der Waals surface area contributed by atoms with Crippen LogP contribution in [0, 0.1) is 0 Å². The zero-order valence-electron chi connectivity index (χ0n) is 4.59. The predicted octanol–water partition coefficient (Wildman–Crippen LogP) is 0.689. The van der Waals surface area contributed by atoms with Crippen LogP contribution in [0.15, 0.2) is 11.8 Å². The Labute approximate surface area is 48.1 Å². The van der Waals surface area contributed by atoms with Crippen molar-refractivity contribution in [2.45, 2.75) is 12.5 Å². The molecule has 1 atom stereocenters. The third kappa shape index (κ3) is 0.464. The number of hydrogen-bond donors (Lipinski definition) is 0. The SMILES string of the molecule is C1=C(C2CCO2)OC1. The Kier molecular flexibility index (Phi) is 0.815. The maximum Gasteiger partial charge on any atom is 0.125 e. The van der Waals surface area contributed by atoms with Crippen LogP contribution in [0.3, 0.4) is 0 Å². The average molecular weight is 112 g/mol. The van der Waals surface area contributed by atoms with E-state index in [9.17, 15) is 0 Å². The molecule has 0 N–H and O–H groups in total. The van der Waals surface area contributed by atoms with E-state index in [1.165, 1.54) is 0 Å². The monoisotopic (exact) mass is 112 g/mol. The molecule has 2 heteroatoms. The van der Waals surface area contributed by atoms with Crippen molar-refractivity contribution >= 4 is 0 Å². The summed E-state index contributed by atoms with van der Waals surface area (Å²) in [6, 6.07) is 0. The summed E-state index contributed by atoms with van der Waals surface area (Å²) in [4.78, 5) is 0. The van der Waals surface area contributed by atoms with E-state index in [1.807, 2.05) is 0 Å². The summed E-state index contributed by atoms with van der Waals surface area (Å²) in [7, 11) is 0. The Bertz CT molecular complexity index is 124. The third-order valence-corrected chi connectivity index (χ3v) is 1.55. The van der Waals surface area contributed by atoms with Crippen molar-refractivity contribution in [3.63, 3.8) is 0 Å². The first-order valence-electron chi connectivity index (χ1n) is 2.91. The number of ether oxygens (including phenoxy) is 2. The summed E-state index contributed by atoms with van der Waals surface area (Å²) in [5.41, 5.74) is 0. The molecule has 0 spiro atoms. The molecule has 1 saturated heterocycles. The van der Waals surface area contributed by atoms with Gasteiger partial charge in [-0.2, -0.15) is 0 Å². The van der Waals surface area contributed by atoms with Crippen molar-refractivity contribution in [2.24, 2.45) is 0 Å². The lowest BCUT2D eigenvalue weighted by Crippen LogP contribution is -2.32. The topological polar surface area (TPSA) is 18.5 Å². The van der Waals surface area contributed by atoms with Gasteiger partial charge in [-0.15, -0.1) is 0 Å². The van der Waals surface area contributed by atoms with Gasteiger partial charge in [0.25, 0.3) is 0 Å². The number of rotatable bonds is 1. The van der Waals surface area contributed by atoms with E-state index < -0.39 is 0 Å². The Balaban J connectivity index is 1.96. The van der Waals surface area contributed by atoms with E-state index in [4.69, 9.17) is 9.47 Å². The quantitative estimate of drug-likeness (QED) is 0.497. The smallest absolute Gasteiger partial charge is 0.125 e. The molecule has 2 nitrogen and oxygen atoms in total. The van der Waals surface area contributed by atoms with Crippen molar-refractivity contribution in [1.82, 2.24) is 0 Å². The lowest BCUT2D eigenvalue weighted by atomic mass is 10.1. The van der Waals surface area contributed by atoms with Crippen LogP contribution in [0.1, 0.15) is 6.42 Å². The van der Waals surface area contributed by atoms with E-state index >= 15 is 0 Å². The molecule has 0 radical (unpaired) electrons. The summed E-state index contributed by atoms with van der Waals surface area (Å²) in [6.07, 6.45) is 3.54. The van der Waals surface area contributed by atoms with Gasteiger partial charge in [-0.05, 0) is 6.08 Å². The van der Waals surface area contributed by atoms with Crippen molar-refractivity contribution in [2.75, 3.05) is 13.2 Å². The Morgan fingerprint density at radius 1 is 1.62 bits per heavy atom. The van der Waals surface area contributed by atoms with Crippen LogP contribution in [-0.2, 0) is 9.47 Å². The second-order valence-electron chi connectivity index (χ2n) is 2.07. The highest BCUT2D eigenvalue weighted by Crippen LogP contribution is 2.24. The summed E-state index contributed by atoms with van der Waals surface area (Å²) < 4.78 is 10.2. The second-order valence-corrected chi connectivity index (χ2v) is 2.07. The van der Waals surface area contributed by atoms with Gasteiger partial charge in [-0.25, -0.2) is 0 Å². The molecule has 0 aromatic rings. The minimum atomic E-state index is 0.323. The normalized spacial score (nSPS) is 34.0. The predicted molar refractivity (Wildman–Crippen MR) is 28.4 cm³/mol. The average Bonchev–Trinajstić information content (AvgIpc) is 1.47. The molecule has 0 amide bonds. The molecule has 1 unspecified atom stereocenters. The minimum absolute atomic E-state index is 0.323. The maximum atomic E-state index is 5.14. The van der Waals surface area contributed by atoms with Gasteiger partial charge in [-0.1, -0.05) is 0 Å². The second kappa shape index (κ2) is 1.49. The van der Waals surface area contributed by atoms with Crippen molar-refractivity contribution in [1.29, 1.82) is 0 Å². The van der Waals surface area contributed by atoms with Gasteiger partial charge >= 0.3 is 0 Å². The van der Waals surface area contributed by atoms with Gasteiger partial charge in [0.1, 0.15) is 18.5 Å². The fraction of sp³-hybridized carbons (Fsp3) is 0.667. The first kappa shape index (κ1) is 4.39. The highest BCUT2D eigenvalue weighted by Gasteiger charge is 2.26. The highest BCUT2D eigenvalue weighted by atomic mass is 16.6. The van der Waals surface area contributed by atoms with Gasteiger partial charge in [0, 0.05) is 6.42 Å². The minimum Gasteiger partial charge on any atom is -0.491 e. The Morgan fingerprint density at radius 3 is 2.50 bits per heavy atom. The molecule has 0 aliphatic carbocycles. The van der Waals surface area contributed by atoms with E-state index in [0.29, 0.717) is 6.10 Å². The van der Waals surface area contributed by atoms with Gasteiger partial charge in [0.2, 0.25) is 0 Å². The molecule has 0 saturated carbocycles. The van der Waals surface area contributed by atoms with Crippen LogP contribution >= 0.6 is 0 Å². The molecule has 2 rings (SSSR count). The van der Waals surface area contributed by atoms with Gasteiger partial charge in [0.05, 0.1) is 6.61 Å². The van der Waals surface area contributed by atoms with Crippen LogP contribution in [0.5, 0.6) is 0 Å². The van der Waals surface area contributed by atoms with Crippen LogP contribution < -0.4 is 0 Å². The first-order chi connectivity index (χ1) is 3.97. The molecule has 0 aromatic carbocycles. The Hall–Kier alpha value is -0.500. The van der Waals surface area contributed by atoms with Gasteiger partial charge in [-0.3, -0.25) is 0 Å². The molecular weight excluding hydrogens is 104 g/mol.